The van der Waals surface area contributed by atoms with E-state index in [1.54, 1.807) is 23.0 Å². The van der Waals surface area contributed by atoms with Gasteiger partial charge in [0.2, 0.25) is 5.78 Å². The number of hydrogen-bond donors (Lipinski definition) is 1. The molecule has 0 aliphatic carbocycles. The van der Waals surface area contributed by atoms with E-state index in [2.05, 4.69) is 26.2 Å². The number of sulfonamides is 1. The molecule has 0 saturated carbocycles. The summed E-state index contributed by atoms with van der Waals surface area (Å²) < 4.78 is 28.6. The summed E-state index contributed by atoms with van der Waals surface area (Å²) in [6.07, 6.45) is 4.18. The van der Waals surface area contributed by atoms with Crippen molar-refractivity contribution in [2.45, 2.75) is 4.90 Å². The van der Waals surface area contributed by atoms with Crippen molar-refractivity contribution >= 4 is 43.6 Å². The van der Waals surface area contributed by atoms with E-state index in [9.17, 15) is 18.3 Å². The van der Waals surface area contributed by atoms with Crippen LogP contribution in [0.1, 0.15) is 11.3 Å². The lowest BCUT2D eigenvalue weighted by Gasteiger charge is -2.27. The Bertz CT molecular complexity index is 1330. The van der Waals surface area contributed by atoms with Gasteiger partial charge in [0.25, 0.3) is 10.0 Å². The molecule has 1 aromatic heterocycles. The summed E-state index contributed by atoms with van der Waals surface area (Å²) in [7, 11) is -2.72. The average Bonchev–Trinajstić information content (AvgIpc) is 3.20. The first-order valence-corrected chi connectivity index (χ1v) is 11.0. The fraction of sp³-hybridized carbons (Fsp3) is 0.0500. The second-order valence-corrected chi connectivity index (χ2v) is 9.19. The van der Waals surface area contributed by atoms with Crippen molar-refractivity contribution < 1.29 is 18.3 Å². The fourth-order valence-electron chi connectivity index (χ4n) is 3.05. The minimum atomic E-state index is -3.94. The SMILES string of the molecule is CN1C(C(=O)/C=C/c2cn(-c3ccccc3Br)nn2)=C(O)c2ccccc2S1(=O)=O. The number of rotatable bonds is 4. The highest BCUT2D eigenvalue weighted by atomic mass is 79.9. The molecule has 1 aliphatic rings. The molecule has 0 bridgehead atoms. The van der Waals surface area contributed by atoms with Crippen LogP contribution in [0.25, 0.3) is 17.5 Å². The van der Waals surface area contributed by atoms with Crippen molar-refractivity contribution in [2.75, 3.05) is 7.05 Å². The molecule has 30 heavy (non-hydrogen) atoms. The molecule has 0 atom stereocenters. The summed E-state index contributed by atoms with van der Waals surface area (Å²) in [4.78, 5) is 12.7. The minimum Gasteiger partial charge on any atom is -0.505 e. The van der Waals surface area contributed by atoms with Crippen LogP contribution in [0, 0.1) is 0 Å². The van der Waals surface area contributed by atoms with Crippen LogP contribution in [0.4, 0.5) is 0 Å². The van der Waals surface area contributed by atoms with Gasteiger partial charge in [-0.3, -0.25) is 9.10 Å². The second kappa shape index (κ2) is 7.54. The Morgan fingerprint density at radius 2 is 1.83 bits per heavy atom. The monoisotopic (exact) mass is 486 g/mol. The number of carbonyl (C=O) groups is 1. The lowest BCUT2D eigenvalue weighted by Crippen LogP contribution is -2.34. The number of allylic oxidation sites excluding steroid dienone is 1. The second-order valence-electron chi connectivity index (χ2n) is 6.40. The zero-order chi connectivity index (χ0) is 21.5. The molecule has 3 aromatic rings. The predicted molar refractivity (Wildman–Crippen MR) is 114 cm³/mol. The smallest absolute Gasteiger partial charge is 0.265 e. The van der Waals surface area contributed by atoms with Crippen LogP contribution in [-0.4, -0.2) is 45.7 Å². The topological polar surface area (TPSA) is 105 Å². The van der Waals surface area contributed by atoms with Crippen LogP contribution in [0.3, 0.4) is 0 Å². The van der Waals surface area contributed by atoms with E-state index in [0.29, 0.717) is 5.69 Å². The van der Waals surface area contributed by atoms with Gasteiger partial charge in [0.15, 0.2) is 5.76 Å². The van der Waals surface area contributed by atoms with Crippen molar-refractivity contribution in [2.24, 2.45) is 0 Å². The minimum absolute atomic E-state index is 0.0538. The average molecular weight is 487 g/mol. The van der Waals surface area contributed by atoms with Gasteiger partial charge < -0.3 is 5.11 Å². The number of carbonyl (C=O) groups excluding carboxylic acids is 1. The number of aromatic nitrogens is 3. The van der Waals surface area contributed by atoms with Gasteiger partial charge in [-0.15, -0.1) is 5.10 Å². The molecule has 0 fully saturated rings. The van der Waals surface area contributed by atoms with E-state index in [0.717, 1.165) is 20.5 Å². The van der Waals surface area contributed by atoms with E-state index < -0.39 is 21.6 Å². The third-order valence-corrected chi connectivity index (χ3v) is 7.06. The van der Waals surface area contributed by atoms with E-state index in [-0.39, 0.29) is 16.2 Å². The van der Waals surface area contributed by atoms with Crippen LogP contribution in [0.5, 0.6) is 0 Å². The van der Waals surface area contributed by atoms with Gasteiger partial charge in [0, 0.05) is 17.1 Å². The quantitative estimate of drug-likeness (QED) is 0.567. The maximum Gasteiger partial charge on any atom is 0.265 e. The van der Waals surface area contributed by atoms with Crippen molar-refractivity contribution in [3.63, 3.8) is 0 Å². The third kappa shape index (κ3) is 3.33. The van der Waals surface area contributed by atoms with Crippen molar-refractivity contribution in [3.05, 3.63) is 82.2 Å². The van der Waals surface area contributed by atoms with E-state index in [4.69, 9.17) is 0 Å². The van der Waals surface area contributed by atoms with Crippen LogP contribution in [0.15, 0.2) is 75.9 Å². The highest BCUT2D eigenvalue weighted by molar-refractivity contribution is 9.10. The number of ketones is 1. The molecule has 152 valence electrons. The largest absolute Gasteiger partial charge is 0.505 e. The maximum absolute atomic E-state index is 12.7. The Kier molecular flexibility index (Phi) is 5.04. The predicted octanol–water partition coefficient (Wildman–Crippen LogP) is 3.17. The summed E-state index contributed by atoms with van der Waals surface area (Å²) in [6, 6.07) is 13.4. The number of halogens is 1. The van der Waals surface area contributed by atoms with Crippen LogP contribution in [-0.2, 0) is 14.8 Å². The Hall–Kier alpha value is -3.24. The molecule has 0 unspecified atom stereocenters. The molecule has 0 radical (unpaired) electrons. The summed E-state index contributed by atoms with van der Waals surface area (Å²) in [5, 5.41) is 18.6. The van der Waals surface area contributed by atoms with Gasteiger partial charge in [0.1, 0.15) is 11.4 Å². The Balaban J connectivity index is 1.66. The van der Waals surface area contributed by atoms with Crippen LogP contribution < -0.4 is 0 Å². The van der Waals surface area contributed by atoms with Gasteiger partial charge in [-0.1, -0.05) is 29.5 Å². The number of hydrogen-bond acceptors (Lipinski definition) is 6. The van der Waals surface area contributed by atoms with Gasteiger partial charge in [-0.25, -0.2) is 13.1 Å². The lowest BCUT2D eigenvalue weighted by atomic mass is 10.1. The molecule has 8 nitrogen and oxygen atoms in total. The number of fused-ring (bicyclic) bond motifs is 1. The summed E-state index contributed by atoms with van der Waals surface area (Å²) in [5.74, 6) is -1.07. The number of nitrogens with zero attached hydrogens (tertiary/aromatic N) is 4. The zero-order valence-corrected chi connectivity index (χ0v) is 18.0. The van der Waals surface area contributed by atoms with Gasteiger partial charge in [-0.05, 0) is 52.3 Å². The Labute approximate surface area is 180 Å². The Morgan fingerprint density at radius 1 is 1.13 bits per heavy atom. The summed E-state index contributed by atoms with van der Waals surface area (Å²) in [6.45, 7) is 0. The first-order chi connectivity index (χ1) is 14.3. The van der Waals surface area contributed by atoms with Gasteiger partial charge >= 0.3 is 0 Å². The molecule has 0 spiro atoms. The van der Waals surface area contributed by atoms with Gasteiger partial charge in [-0.2, -0.15) is 0 Å². The molecule has 1 aliphatic heterocycles. The zero-order valence-electron chi connectivity index (χ0n) is 15.6. The number of likely N-dealkylation sites (N-methyl/N-ethyl adjacent to an activating group) is 1. The number of benzene rings is 2. The molecule has 2 heterocycles. The van der Waals surface area contributed by atoms with Crippen molar-refractivity contribution in [1.29, 1.82) is 0 Å². The molecule has 1 N–H and O–H groups in total. The number of aliphatic hydroxyl groups excluding tert-OH is 1. The number of aliphatic hydroxyl groups is 1. The fourth-order valence-corrected chi connectivity index (χ4v) is 4.92. The highest BCUT2D eigenvalue weighted by Gasteiger charge is 2.36. The van der Waals surface area contributed by atoms with E-state index in [1.165, 1.54) is 25.3 Å². The first-order valence-electron chi connectivity index (χ1n) is 8.72. The maximum atomic E-state index is 12.7. The highest BCUT2D eigenvalue weighted by Crippen LogP contribution is 2.34. The third-order valence-electron chi connectivity index (χ3n) is 4.57. The summed E-state index contributed by atoms with van der Waals surface area (Å²) >= 11 is 3.44. The van der Waals surface area contributed by atoms with Crippen LogP contribution >= 0.6 is 15.9 Å². The van der Waals surface area contributed by atoms with E-state index in [1.807, 2.05) is 24.3 Å². The summed E-state index contributed by atoms with van der Waals surface area (Å²) in [5.41, 5.74) is 0.919. The molecule has 2 aromatic carbocycles. The molecule has 4 rings (SSSR count). The molecule has 0 saturated heterocycles. The van der Waals surface area contributed by atoms with Gasteiger partial charge in [0.05, 0.1) is 16.8 Å². The first kappa shape index (κ1) is 20.0. The molecular formula is C20H15BrN4O4S. The molecular weight excluding hydrogens is 472 g/mol. The lowest BCUT2D eigenvalue weighted by molar-refractivity contribution is -0.112. The standard InChI is InChI=1S/C20H15BrN4O4S/c1-24-19(20(27)14-6-2-5-9-18(14)30(24,28)29)17(26)11-10-13-12-25(23-22-13)16-8-4-3-7-15(16)21/h2-12,27H,1H3/b11-10+. The molecule has 10 heteroatoms. The van der Waals surface area contributed by atoms with Crippen LogP contribution in [0.2, 0.25) is 0 Å². The number of para-hydroxylation sites is 1. The van der Waals surface area contributed by atoms with E-state index >= 15 is 0 Å². The van der Waals surface area contributed by atoms with Crippen molar-refractivity contribution in [3.8, 4) is 5.69 Å². The molecule has 0 amide bonds. The van der Waals surface area contributed by atoms with Crippen molar-refractivity contribution in [1.82, 2.24) is 19.3 Å². The Morgan fingerprint density at radius 3 is 2.60 bits per heavy atom. The normalized spacial score (nSPS) is 15.5.